The van der Waals surface area contributed by atoms with E-state index in [1.165, 1.54) is 4.90 Å². The second-order valence-corrected chi connectivity index (χ2v) is 6.00. The summed E-state index contributed by atoms with van der Waals surface area (Å²) in [7, 11) is 0. The summed E-state index contributed by atoms with van der Waals surface area (Å²) in [5, 5.41) is 0. The van der Waals surface area contributed by atoms with Gasteiger partial charge in [0.1, 0.15) is 0 Å². The molecule has 0 aliphatic carbocycles. The summed E-state index contributed by atoms with van der Waals surface area (Å²) in [5.41, 5.74) is 9.16. The number of nitrogens with zero attached hydrogens (tertiary/aromatic N) is 1. The van der Waals surface area contributed by atoms with Gasteiger partial charge >= 0.3 is 5.76 Å². The maximum Gasteiger partial charge on any atom is 0.419 e. The lowest BCUT2D eigenvalue weighted by atomic mass is 10.2. The number of nitrogen functional groups attached to an aromatic ring is 1. The van der Waals surface area contributed by atoms with Crippen molar-refractivity contribution in [2.45, 2.75) is 18.4 Å². The van der Waals surface area contributed by atoms with Gasteiger partial charge in [0.05, 0.1) is 5.52 Å². The summed E-state index contributed by atoms with van der Waals surface area (Å²) in [6.07, 6.45) is 0. The molecular formula is C16H16N2O2S. The second-order valence-electron chi connectivity index (χ2n) is 4.86. The van der Waals surface area contributed by atoms with Crippen molar-refractivity contribution in [3.63, 3.8) is 0 Å². The van der Waals surface area contributed by atoms with Gasteiger partial charge in [-0.25, -0.2) is 4.79 Å². The predicted molar refractivity (Wildman–Crippen MR) is 86.8 cm³/mol. The first kappa shape index (κ1) is 13.8. The molecule has 0 atom stereocenters. The van der Waals surface area contributed by atoms with Gasteiger partial charge in [0, 0.05) is 22.9 Å². The molecule has 4 nitrogen and oxygen atoms in total. The van der Waals surface area contributed by atoms with Gasteiger partial charge in [0.15, 0.2) is 5.58 Å². The Morgan fingerprint density at radius 3 is 2.86 bits per heavy atom. The molecule has 108 valence electrons. The highest BCUT2D eigenvalue weighted by Crippen LogP contribution is 2.24. The van der Waals surface area contributed by atoms with E-state index in [9.17, 15) is 4.79 Å². The molecule has 0 aliphatic heterocycles. The van der Waals surface area contributed by atoms with E-state index in [1.54, 1.807) is 16.3 Å². The van der Waals surface area contributed by atoms with Gasteiger partial charge in [-0.1, -0.05) is 12.1 Å². The molecule has 5 heteroatoms. The van der Waals surface area contributed by atoms with Gasteiger partial charge in [-0.15, -0.1) is 11.8 Å². The van der Waals surface area contributed by atoms with Crippen LogP contribution in [0.15, 0.2) is 56.6 Å². The molecule has 0 spiro atoms. The van der Waals surface area contributed by atoms with Crippen molar-refractivity contribution in [1.82, 2.24) is 4.57 Å². The third kappa shape index (κ3) is 2.83. The number of hydrogen-bond acceptors (Lipinski definition) is 4. The van der Waals surface area contributed by atoms with Crippen molar-refractivity contribution in [2.75, 3.05) is 11.5 Å². The zero-order valence-corrected chi connectivity index (χ0v) is 12.5. The SMILES string of the molecule is Cc1cc(N)ccc1SCCn1c(=O)oc2ccccc21. The predicted octanol–water partition coefficient (Wildman–Crippen LogP) is 3.28. The summed E-state index contributed by atoms with van der Waals surface area (Å²) in [4.78, 5) is 13.0. The summed E-state index contributed by atoms with van der Waals surface area (Å²) >= 11 is 1.71. The molecule has 0 saturated carbocycles. The maximum atomic E-state index is 11.9. The standard InChI is InChI=1S/C16H16N2O2S/c1-11-10-12(17)6-7-15(11)21-9-8-18-13-4-2-3-5-14(13)20-16(18)19/h2-7,10H,8-9,17H2,1H3. The summed E-state index contributed by atoms with van der Waals surface area (Å²) in [5.74, 6) is 0.500. The molecule has 0 amide bonds. The number of rotatable bonds is 4. The van der Waals surface area contributed by atoms with Crippen LogP contribution in [0, 0.1) is 6.92 Å². The molecule has 1 heterocycles. The Morgan fingerprint density at radius 1 is 1.24 bits per heavy atom. The number of aryl methyl sites for hydroxylation is 2. The highest BCUT2D eigenvalue weighted by Gasteiger charge is 2.08. The summed E-state index contributed by atoms with van der Waals surface area (Å²) in [6.45, 7) is 2.66. The monoisotopic (exact) mass is 300 g/mol. The highest BCUT2D eigenvalue weighted by atomic mass is 32.2. The minimum atomic E-state index is -0.300. The molecule has 0 saturated heterocycles. The summed E-state index contributed by atoms with van der Waals surface area (Å²) < 4.78 is 6.90. The molecule has 3 aromatic rings. The van der Waals surface area contributed by atoms with Crippen molar-refractivity contribution in [3.05, 3.63) is 58.6 Å². The van der Waals surface area contributed by atoms with Crippen molar-refractivity contribution in [1.29, 1.82) is 0 Å². The quantitative estimate of drug-likeness (QED) is 0.593. The van der Waals surface area contributed by atoms with Crippen LogP contribution in [0.3, 0.4) is 0 Å². The third-order valence-corrected chi connectivity index (χ3v) is 4.50. The first-order valence-corrected chi connectivity index (χ1v) is 7.71. The molecule has 0 bridgehead atoms. The summed E-state index contributed by atoms with van der Waals surface area (Å²) in [6, 6.07) is 13.4. The zero-order chi connectivity index (χ0) is 14.8. The molecule has 2 aromatic carbocycles. The lowest BCUT2D eigenvalue weighted by Crippen LogP contribution is -2.15. The van der Waals surface area contributed by atoms with E-state index in [-0.39, 0.29) is 5.76 Å². The fourth-order valence-electron chi connectivity index (χ4n) is 2.31. The van der Waals surface area contributed by atoms with Gasteiger partial charge in [0.2, 0.25) is 0 Å². The molecule has 0 aliphatic rings. The van der Waals surface area contributed by atoms with Gasteiger partial charge < -0.3 is 10.2 Å². The number of hydrogen-bond donors (Lipinski definition) is 1. The molecule has 2 N–H and O–H groups in total. The minimum absolute atomic E-state index is 0.300. The van der Waals surface area contributed by atoms with Crippen LogP contribution in [-0.4, -0.2) is 10.3 Å². The number of oxazole rings is 1. The van der Waals surface area contributed by atoms with Crippen molar-refractivity contribution < 1.29 is 4.42 Å². The molecule has 1 aromatic heterocycles. The molecule has 0 unspecified atom stereocenters. The van der Waals surface area contributed by atoms with Gasteiger partial charge in [0.25, 0.3) is 0 Å². The Kier molecular flexibility index (Phi) is 3.75. The third-order valence-electron chi connectivity index (χ3n) is 3.35. The van der Waals surface area contributed by atoms with Crippen LogP contribution in [0.5, 0.6) is 0 Å². The number of thioether (sulfide) groups is 1. The van der Waals surface area contributed by atoms with Crippen molar-refractivity contribution in [3.8, 4) is 0 Å². The van der Waals surface area contributed by atoms with E-state index in [1.807, 2.05) is 49.4 Å². The smallest absolute Gasteiger partial charge is 0.408 e. The number of fused-ring (bicyclic) bond motifs is 1. The van der Waals surface area contributed by atoms with E-state index in [2.05, 4.69) is 0 Å². The fraction of sp³-hybridized carbons (Fsp3) is 0.188. The Balaban J connectivity index is 1.75. The Labute approximate surface area is 126 Å². The molecule has 3 rings (SSSR count). The minimum Gasteiger partial charge on any atom is -0.408 e. The number of nitrogens with two attached hydrogens (primary N) is 1. The van der Waals surface area contributed by atoms with Gasteiger partial charge in [-0.2, -0.15) is 0 Å². The van der Waals surface area contributed by atoms with Crippen LogP contribution in [0.2, 0.25) is 0 Å². The normalized spacial score (nSPS) is 11.1. The number of aromatic nitrogens is 1. The van der Waals surface area contributed by atoms with Crippen LogP contribution in [-0.2, 0) is 6.54 Å². The first-order valence-electron chi connectivity index (χ1n) is 6.72. The highest BCUT2D eigenvalue weighted by molar-refractivity contribution is 7.99. The Hall–Kier alpha value is -2.14. The first-order chi connectivity index (χ1) is 10.1. The van der Waals surface area contributed by atoms with Crippen molar-refractivity contribution >= 4 is 28.5 Å². The molecule has 0 radical (unpaired) electrons. The van der Waals surface area contributed by atoms with E-state index in [0.717, 1.165) is 22.5 Å². The lowest BCUT2D eigenvalue weighted by molar-refractivity contribution is 0.514. The zero-order valence-electron chi connectivity index (χ0n) is 11.7. The van der Waals surface area contributed by atoms with Crippen LogP contribution in [0.4, 0.5) is 5.69 Å². The largest absolute Gasteiger partial charge is 0.419 e. The number of anilines is 1. The topological polar surface area (TPSA) is 61.2 Å². The van der Waals surface area contributed by atoms with Crippen LogP contribution < -0.4 is 11.5 Å². The molecular weight excluding hydrogens is 284 g/mol. The number of para-hydroxylation sites is 2. The van der Waals surface area contributed by atoms with Crippen LogP contribution >= 0.6 is 11.8 Å². The number of benzene rings is 2. The molecule has 21 heavy (non-hydrogen) atoms. The Morgan fingerprint density at radius 2 is 2.05 bits per heavy atom. The van der Waals surface area contributed by atoms with Crippen molar-refractivity contribution in [2.24, 2.45) is 0 Å². The second kappa shape index (κ2) is 5.69. The average Bonchev–Trinajstić information content (AvgIpc) is 2.77. The van der Waals surface area contributed by atoms with Gasteiger partial charge in [-0.05, 0) is 42.8 Å². The van der Waals surface area contributed by atoms with Crippen LogP contribution in [0.1, 0.15) is 5.56 Å². The average molecular weight is 300 g/mol. The fourth-order valence-corrected chi connectivity index (χ4v) is 3.25. The van der Waals surface area contributed by atoms with E-state index < -0.39 is 0 Å². The maximum absolute atomic E-state index is 11.9. The lowest BCUT2D eigenvalue weighted by Gasteiger charge is -2.06. The van der Waals surface area contributed by atoms with E-state index in [0.29, 0.717) is 12.1 Å². The van der Waals surface area contributed by atoms with Crippen LogP contribution in [0.25, 0.3) is 11.1 Å². The Bertz CT molecular complexity index is 836. The van der Waals surface area contributed by atoms with E-state index >= 15 is 0 Å². The van der Waals surface area contributed by atoms with Gasteiger partial charge in [-0.3, -0.25) is 4.57 Å². The van der Waals surface area contributed by atoms with E-state index in [4.69, 9.17) is 10.2 Å². The molecule has 0 fully saturated rings.